The normalized spacial score (nSPS) is 13.4. The Kier molecular flexibility index (Phi) is 19.9. The van der Waals surface area contributed by atoms with Crippen molar-refractivity contribution in [3.8, 4) is 22.3 Å². The van der Waals surface area contributed by atoms with Gasteiger partial charge in [0.15, 0.2) is 0 Å². The molecular formula is C47H40Cl2F18SiZr. The molecule has 1 atom stereocenters. The van der Waals surface area contributed by atoms with E-state index in [1.54, 1.807) is 30.3 Å². The Balaban J connectivity index is 0.000000329. The number of fused-ring (bicyclic) bond motifs is 2. The fourth-order valence-electron chi connectivity index (χ4n) is 7.89. The minimum atomic E-state index is -6.64. The number of hydrogen-bond acceptors (Lipinski definition) is 0. The van der Waals surface area contributed by atoms with Crippen molar-refractivity contribution in [1.29, 1.82) is 0 Å². The molecule has 0 amide bonds. The van der Waals surface area contributed by atoms with E-state index in [1.807, 2.05) is 51.1 Å². The second-order valence-electron chi connectivity index (χ2n) is 15.5. The third-order valence-corrected chi connectivity index (χ3v) is 11.1. The Morgan fingerprint density at radius 2 is 0.826 bits per heavy atom. The second kappa shape index (κ2) is 22.9. The molecule has 0 heterocycles. The molecule has 2 radical (unpaired) electrons. The van der Waals surface area contributed by atoms with E-state index in [-0.39, 0.29) is 41.3 Å². The minimum absolute atomic E-state index is 0.207. The van der Waals surface area contributed by atoms with Crippen LogP contribution in [0, 0.1) is 0 Å². The predicted molar refractivity (Wildman–Crippen MR) is 232 cm³/mol. The van der Waals surface area contributed by atoms with Gasteiger partial charge in [-0.15, -0.1) is 69.1 Å². The average molecular weight is 1140 g/mol. The van der Waals surface area contributed by atoms with Gasteiger partial charge in [-0.2, -0.15) is 91.2 Å². The molecule has 0 aliphatic carbocycles. The van der Waals surface area contributed by atoms with Crippen LogP contribution >= 0.6 is 17.0 Å². The quantitative estimate of drug-likeness (QED) is 0.0809. The molecule has 0 N–H and O–H groups in total. The van der Waals surface area contributed by atoms with Gasteiger partial charge in [-0.3, -0.25) is 0 Å². The second-order valence-corrected chi connectivity index (χ2v) is 20.3. The first-order chi connectivity index (χ1) is 31.7. The molecule has 6 aromatic rings. The summed E-state index contributed by atoms with van der Waals surface area (Å²) in [6, 6.07) is 22.1. The van der Waals surface area contributed by atoms with E-state index in [0.717, 1.165) is 73.9 Å². The number of rotatable bonds is 8. The molecule has 22 heteroatoms. The summed E-state index contributed by atoms with van der Waals surface area (Å²) in [6.45, 7) is 10.3. The van der Waals surface area contributed by atoms with Crippen molar-refractivity contribution in [2.24, 2.45) is 0 Å². The van der Waals surface area contributed by atoms with Crippen LogP contribution in [0.2, 0.25) is 13.1 Å². The van der Waals surface area contributed by atoms with Gasteiger partial charge in [-0.25, -0.2) is 0 Å². The van der Waals surface area contributed by atoms with Crippen LogP contribution in [0.1, 0.15) is 61.8 Å². The zero-order valence-corrected chi connectivity index (χ0v) is 41.6. The van der Waals surface area contributed by atoms with E-state index in [4.69, 9.17) is 17.0 Å². The summed E-state index contributed by atoms with van der Waals surface area (Å²) in [5.41, 5.74) is -12.4. The Hall–Kier alpha value is -3.48. The Morgan fingerprint density at radius 3 is 1.13 bits per heavy atom. The van der Waals surface area contributed by atoms with Crippen molar-refractivity contribution in [2.45, 2.75) is 107 Å². The van der Waals surface area contributed by atoms with Crippen LogP contribution in [-0.2, 0) is 38.1 Å². The number of aryl methyl sites for hydroxylation is 1. The standard InChI is InChI=1S/C24H20F9.C21H14F9.C2H6Si.2ClH.Zr/c1-3-5-14(2)17-12-16-6-4-7-19(20(16)13-17)15-8-10-18(11-9-15)21(22(25,26)27,23(28,29)30)24(31,32)33;1-2-12-10-14-4-3-5-16(17(14)11-12)13-6-8-15(9-7-13)18(19(22,23)24,20(25,26)27)21(28,29)30;1-3-2;;;/h4,6-14H,3,5H2,1-2H3;3-11H,2H2,1H3;1-2H3;2*1H;/q2*-1;;;;+4/p-2. The molecule has 69 heavy (non-hydrogen) atoms. The number of benzene rings is 4. The average Bonchev–Trinajstić information content (AvgIpc) is 3.85. The van der Waals surface area contributed by atoms with Gasteiger partial charge in [0.2, 0.25) is 0 Å². The molecule has 0 bridgehead atoms. The summed E-state index contributed by atoms with van der Waals surface area (Å²) in [5.74, 6) is 0.239. The monoisotopic (exact) mass is 1130 g/mol. The van der Waals surface area contributed by atoms with E-state index in [1.165, 1.54) is 0 Å². The van der Waals surface area contributed by atoms with Crippen molar-refractivity contribution < 1.29 is 99.9 Å². The molecule has 6 aromatic carbocycles. The van der Waals surface area contributed by atoms with E-state index >= 15 is 0 Å². The molecule has 0 aliphatic rings. The SMILES string of the molecule is CCCC(C)c1cc2c(-c3ccc(C(C(F)(F)F)(C(F)(F)F)C(F)(F)F)cc3)cccc2[cH-]1.CCc1cc2c(-c3ccc(C(C(F)(F)F)(C(F)(F)F)C(F)(F)F)cc3)cccc2[cH-]1.C[Si]C.[Cl][Zr+2][Cl]. The fraction of sp³-hybridized carbons (Fsp3) is 0.362. The summed E-state index contributed by atoms with van der Waals surface area (Å²) < 4.78 is 240. The molecular weight excluding hydrogens is 1100 g/mol. The van der Waals surface area contributed by atoms with Crippen molar-refractivity contribution in [2.75, 3.05) is 0 Å². The van der Waals surface area contributed by atoms with E-state index in [0.29, 0.717) is 22.9 Å². The van der Waals surface area contributed by atoms with Gasteiger partial charge in [0.05, 0.1) is 0 Å². The zero-order chi connectivity index (χ0) is 52.8. The molecule has 0 spiro atoms. The molecule has 0 aliphatic heterocycles. The maximum atomic E-state index is 13.4. The van der Waals surface area contributed by atoms with Crippen LogP contribution in [0.4, 0.5) is 79.0 Å². The first-order valence-corrected chi connectivity index (χ1v) is 28.6. The Morgan fingerprint density at radius 1 is 0.507 bits per heavy atom. The van der Waals surface area contributed by atoms with Gasteiger partial charge in [0, 0.05) is 9.52 Å². The number of halogens is 20. The zero-order valence-electron chi connectivity index (χ0n) is 36.7. The van der Waals surface area contributed by atoms with Gasteiger partial charge in [-0.05, 0) is 41.0 Å². The van der Waals surface area contributed by atoms with E-state index in [2.05, 4.69) is 13.1 Å². The third kappa shape index (κ3) is 12.2. The first kappa shape index (κ1) is 59.8. The van der Waals surface area contributed by atoms with Crippen molar-refractivity contribution in [3.05, 3.63) is 131 Å². The first-order valence-electron chi connectivity index (χ1n) is 20.3. The van der Waals surface area contributed by atoms with Crippen LogP contribution in [0.15, 0.2) is 109 Å². The fourth-order valence-corrected chi connectivity index (χ4v) is 7.89. The molecule has 376 valence electrons. The summed E-state index contributed by atoms with van der Waals surface area (Å²) in [4.78, 5) is 0. The molecule has 0 saturated carbocycles. The van der Waals surface area contributed by atoms with Gasteiger partial charge >= 0.3 is 74.9 Å². The maximum absolute atomic E-state index is 13.4. The van der Waals surface area contributed by atoms with Crippen LogP contribution in [-0.4, -0.2) is 46.6 Å². The van der Waals surface area contributed by atoms with Crippen molar-refractivity contribution in [1.82, 2.24) is 0 Å². The molecule has 1 unspecified atom stereocenters. The predicted octanol–water partition coefficient (Wildman–Crippen LogP) is 18.9. The molecule has 0 fully saturated rings. The van der Waals surface area contributed by atoms with Gasteiger partial charge in [-0.1, -0.05) is 112 Å². The van der Waals surface area contributed by atoms with Gasteiger partial charge < -0.3 is 0 Å². The Labute approximate surface area is 406 Å². The summed E-state index contributed by atoms with van der Waals surface area (Å²) in [5, 5.41) is 3.06. The van der Waals surface area contributed by atoms with Crippen LogP contribution in [0.5, 0.6) is 0 Å². The van der Waals surface area contributed by atoms with Crippen LogP contribution in [0.3, 0.4) is 0 Å². The number of alkyl halides is 18. The Bertz CT molecular complexity index is 2470. The van der Waals surface area contributed by atoms with E-state index < -0.39 is 79.9 Å². The number of hydrogen-bond donors (Lipinski definition) is 0. The molecule has 0 saturated heterocycles. The van der Waals surface area contributed by atoms with Crippen LogP contribution in [0.25, 0.3) is 43.8 Å². The topological polar surface area (TPSA) is 0 Å². The summed E-state index contributed by atoms with van der Waals surface area (Å²) in [6.07, 6.45) is -37.2. The van der Waals surface area contributed by atoms with Gasteiger partial charge in [0.25, 0.3) is 10.8 Å². The third-order valence-electron chi connectivity index (χ3n) is 11.1. The van der Waals surface area contributed by atoms with E-state index in [9.17, 15) is 79.0 Å². The molecule has 0 aromatic heterocycles. The summed E-state index contributed by atoms with van der Waals surface area (Å²) >= 11 is -0.826. The summed E-state index contributed by atoms with van der Waals surface area (Å²) in [7, 11) is 11.0. The van der Waals surface area contributed by atoms with Crippen molar-refractivity contribution >= 4 is 48.1 Å². The molecule has 0 nitrogen and oxygen atoms in total. The van der Waals surface area contributed by atoms with Crippen LogP contribution < -0.4 is 0 Å². The molecule has 6 rings (SSSR count). The van der Waals surface area contributed by atoms with Crippen molar-refractivity contribution in [3.63, 3.8) is 0 Å². The van der Waals surface area contributed by atoms with Gasteiger partial charge in [0.1, 0.15) is 0 Å².